The maximum absolute atomic E-state index is 12.3. The molecule has 0 fully saturated rings. The van der Waals surface area contributed by atoms with E-state index in [1.807, 2.05) is 45.2 Å². The van der Waals surface area contributed by atoms with Crippen molar-refractivity contribution >= 4 is 22.6 Å². The summed E-state index contributed by atoms with van der Waals surface area (Å²) < 4.78 is 1.71. The second-order valence-corrected chi connectivity index (χ2v) is 6.17. The highest BCUT2D eigenvalue weighted by atomic mass is 16.3. The molecule has 3 rings (SSSR count). The van der Waals surface area contributed by atoms with Crippen LogP contribution in [0.3, 0.4) is 0 Å². The number of rotatable bonds is 3. The number of phenolic OH excluding ortho intramolecular Hbond substituents is 1. The molecule has 0 saturated carbocycles. The molecule has 0 radical (unpaired) electrons. The lowest BCUT2D eigenvalue weighted by Gasteiger charge is -2.10. The molecule has 3 N–H and O–H groups in total. The first-order valence-corrected chi connectivity index (χ1v) is 8.17. The zero-order valence-corrected chi connectivity index (χ0v) is 14.8. The number of aromatic nitrogens is 2. The van der Waals surface area contributed by atoms with Gasteiger partial charge in [0.05, 0.1) is 17.7 Å². The molecule has 0 saturated heterocycles. The fraction of sp³-hybridized carbons (Fsp3) is 0.211. The van der Waals surface area contributed by atoms with Crippen LogP contribution in [0.25, 0.3) is 10.8 Å². The van der Waals surface area contributed by atoms with E-state index in [-0.39, 0.29) is 23.6 Å². The van der Waals surface area contributed by atoms with E-state index in [9.17, 15) is 14.7 Å². The number of phenols is 1. The van der Waals surface area contributed by atoms with Gasteiger partial charge in [-0.05, 0) is 36.8 Å². The first-order chi connectivity index (χ1) is 12.4. The largest absolute Gasteiger partial charge is 0.507 e. The third-order valence-electron chi connectivity index (χ3n) is 4.42. The lowest BCUT2D eigenvalue weighted by molar-refractivity contribution is -0.121. The Kier molecular flexibility index (Phi) is 4.62. The van der Waals surface area contributed by atoms with Crippen LogP contribution in [0.4, 0.5) is 0 Å². The van der Waals surface area contributed by atoms with E-state index >= 15 is 0 Å². The van der Waals surface area contributed by atoms with Crippen LogP contribution in [0.1, 0.15) is 27.3 Å². The monoisotopic (exact) mass is 352 g/mol. The molecule has 0 bridgehead atoms. The van der Waals surface area contributed by atoms with Crippen LogP contribution in [0.5, 0.6) is 5.75 Å². The van der Waals surface area contributed by atoms with Crippen molar-refractivity contribution in [1.29, 1.82) is 0 Å². The highest BCUT2D eigenvalue weighted by molar-refractivity contribution is 6.02. The Morgan fingerprint density at radius 1 is 1.12 bits per heavy atom. The summed E-state index contributed by atoms with van der Waals surface area (Å²) in [7, 11) is 1.81. The van der Waals surface area contributed by atoms with Gasteiger partial charge in [0, 0.05) is 18.3 Å². The summed E-state index contributed by atoms with van der Waals surface area (Å²) in [4.78, 5) is 24.4. The van der Waals surface area contributed by atoms with E-state index in [1.165, 1.54) is 6.07 Å². The fourth-order valence-corrected chi connectivity index (χ4v) is 2.88. The van der Waals surface area contributed by atoms with Crippen molar-refractivity contribution in [3.05, 3.63) is 58.9 Å². The molecule has 0 unspecified atom stereocenters. The predicted octanol–water partition coefficient (Wildman–Crippen LogP) is 1.90. The van der Waals surface area contributed by atoms with Crippen LogP contribution in [0, 0.1) is 13.8 Å². The molecule has 0 atom stereocenters. The maximum Gasteiger partial charge on any atom is 0.273 e. The quantitative estimate of drug-likeness (QED) is 0.627. The molecule has 2 amide bonds. The average molecular weight is 352 g/mol. The van der Waals surface area contributed by atoms with E-state index in [4.69, 9.17) is 0 Å². The minimum Gasteiger partial charge on any atom is -0.507 e. The minimum atomic E-state index is -0.582. The molecule has 7 heteroatoms. The minimum absolute atomic E-state index is 0.0951. The summed E-state index contributed by atoms with van der Waals surface area (Å²) in [6.07, 6.45) is 0.107. The average Bonchev–Trinajstić information content (AvgIpc) is 2.85. The fourth-order valence-electron chi connectivity index (χ4n) is 2.88. The number of nitrogens with zero attached hydrogens (tertiary/aromatic N) is 2. The molecule has 1 aromatic heterocycles. The lowest BCUT2D eigenvalue weighted by atomic mass is 10.1. The van der Waals surface area contributed by atoms with Crippen LogP contribution in [0.2, 0.25) is 0 Å². The van der Waals surface area contributed by atoms with Gasteiger partial charge in [0.2, 0.25) is 5.91 Å². The summed E-state index contributed by atoms with van der Waals surface area (Å²) in [5.41, 5.74) is 7.32. The number of hydrogen-bond acceptors (Lipinski definition) is 4. The summed E-state index contributed by atoms with van der Waals surface area (Å²) >= 11 is 0. The zero-order chi connectivity index (χ0) is 18.8. The van der Waals surface area contributed by atoms with Gasteiger partial charge in [-0.1, -0.05) is 24.3 Å². The molecule has 0 aliphatic carbocycles. The number of hydrogen-bond donors (Lipinski definition) is 3. The molecule has 2 aromatic carbocycles. The number of hydrazine groups is 1. The van der Waals surface area contributed by atoms with Crippen molar-refractivity contribution < 1.29 is 14.7 Å². The van der Waals surface area contributed by atoms with Gasteiger partial charge in [-0.2, -0.15) is 5.10 Å². The van der Waals surface area contributed by atoms with Gasteiger partial charge < -0.3 is 5.11 Å². The summed E-state index contributed by atoms with van der Waals surface area (Å²) in [5, 5.41) is 16.0. The van der Waals surface area contributed by atoms with Crippen molar-refractivity contribution in [3.8, 4) is 5.75 Å². The molecule has 3 aromatic rings. The van der Waals surface area contributed by atoms with Crippen LogP contribution in [-0.2, 0) is 18.3 Å². The van der Waals surface area contributed by atoms with Crippen molar-refractivity contribution in [1.82, 2.24) is 20.6 Å². The number of carbonyl (C=O) groups is 2. The standard InChI is InChI=1S/C19H20N4O3/c1-11-15(12(2)23(3)22-11)10-18(25)20-21-19(26)16-8-13-6-4-5-7-14(13)9-17(16)24/h4-9,24H,10H2,1-3H3,(H,20,25)(H,21,26). The molecule has 0 aliphatic heterocycles. The van der Waals surface area contributed by atoms with Gasteiger partial charge in [-0.15, -0.1) is 0 Å². The Morgan fingerprint density at radius 2 is 1.77 bits per heavy atom. The SMILES string of the molecule is Cc1nn(C)c(C)c1CC(=O)NNC(=O)c1cc2ccccc2cc1O. The summed E-state index contributed by atoms with van der Waals surface area (Å²) in [6, 6.07) is 10.5. The van der Waals surface area contributed by atoms with Crippen LogP contribution < -0.4 is 10.9 Å². The van der Waals surface area contributed by atoms with Crippen molar-refractivity contribution in [2.24, 2.45) is 7.05 Å². The van der Waals surface area contributed by atoms with E-state index in [0.717, 1.165) is 27.7 Å². The Balaban J connectivity index is 1.69. The predicted molar refractivity (Wildman–Crippen MR) is 97.6 cm³/mol. The number of carbonyl (C=O) groups excluding carboxylic acids is 2. The number of fused-ring (bicyclic) bond motifs is 1. The van der Waals surface area contributed by atoms with E-state index in [1.54, 1.807) is 10.7 Å². The van der Waals surface area contributed by atoms with Crippen molar-refractivity contribution in [2.75, 3.05) is 0 Å². The summed E-state index contributed by atoms with van der Waals surface area (Å²) in [6.45, 7) is 3.72. The topological polar surface area (TPSA) is 96.3 Å². The molecular formula is C19H20N4O3. The Bertz CT molecular complexity index is 1010. The molecular weight excluding hydrogens is 332 g/mol. The molecule has 7 nitrogen and oxygen atoms in total. The third-order valence-corrected chi connectivity index (χ3v) is 4.42. The second kappa shape index (κ2) is 6.87. The Hall–Kier alpha value is -3.35. The smallest absolute Gasteiger partial charge is 0.273 e. The lowest BCUT2D eigenvalue weighted by Crippen LogP contribution is -2.42. The maximum atomic E-state index is 12.3. The van der Waals surface area contributed by atoms with Gasteiger partial charge in [0.25, 0.3) is 5.91 Å². The number of aryl methyl sites for hydroxylation is 2. The van der Waals surface area contributed by atoms with Gasteiger partial charge in [0.15, 0.2) is 0 Å². The van der Waals surface area contributed by atoms with E-state index < -0.39 is 5.91 Å². The van der Waals surface area contributed by atoms with E-state index in [2.05, 4.69) is 16.0 Å². The van der Waals surface area contributed by atoms with Crippen LogP contribution >= 0.6 is 0 Å². The highest BCUT2D eigenvalue weighted by Gasteiger charge is 2.16. The Morgan fingerprint density at radius 3 is 2.38 bits per heavy atom. The first-order valence-electron chi connectivity index (χ1n) is 8.17. The molecule has 0 spiro atoms. The van der Waals surface area contributed by atoms with Crippen LogP contribution in [0.15, 0.2) is 36.4 Å². The zero-order valence-electron chi connectivity index (χ0n) is 14.8. The van der Waals surface area contributed by atoms with Crippen molar-refractivity contribution in [2.45, 2.75) is 20.3 Å². The summed E-state index contributed by atoms with van der Waals surface area (Å²) in [5.74, 6) is -1.09. The number of nitrogens with one attached hydrogen (secondary N) is 2. The Labute approximate surface area is 150 Å². The molecule has 134 valence electrons. The molecule has 0 aliphatic rings. The molecule has 1 heterocycles. The highest BCUT2D eigenvalue weighted by Crippen LogP contribution is 2.24. The number of aromatic hydroxyl groups is 1. The first kappa shape index (κ1) is 17.5. The normalized spacial score (nSPS) is 10.7. The second-order valence-electron chi connectivity index (χ2n) is 6.17. The molecule has 26 heavy (non-hydrogen) atoms. The number of benzene rings is 2. The van der Waals surface area contributed by atoms with Gasteiger partial charge in [-0.25, -0.2) is 0 Å². The van der Waals surface area contributed by atoms with Crippen molar-refractivity contribution in [3.63, 3.8) is 0 Å². The van der Waals surface area contributed by atoms with E-state index in [0.29, 0.717) is 0 Å². The van der Waals surface area contributed by atoms with Gasteiger partial charge in [0.1, 0.15) is 5.75 Å². The van der Waals surface area contributed by atoms with Gasteiger partial charge in [-0.3, -0.25) is 25.1 Å². The van der Waals surface area contributed by atoms with Crippen LogP contribution in [-0.4, -0.2) is 26.7 Å². The third kappa shape index (κ3) is 3.37. The number of amides is 2. The van der Waals surface area contributed by atoms with Gasteiger partial charge >= 0.3 is 0 Å².